The summed E-state index contributed by atoms with van der Waals surface area (Å²) in [5, 5.41) is 14.2. The van der Waals surface area contributed by atoms with Crippen molar-refractivity contribution in [3.8, 4) is 0 Å². The normalized spacial score (nSPS) is 10.0. The summed E-state index contributed by atoms with van der Waals surface area (Å²) in [5.74, 6) is 0.160. The summed E-state index contributed by atoms with van der Waals surface area (Å²) >= 11 is 1.43. The highest BCUT2D eigenvalue weighted by molar-refractivity contribution is 8.00. The Bertz CT molecular complexity index is 420. The smallest absolute Gasteiger partial charge is 0.230 e. The lowest BCUT2D eigenvalue weighted by molar-refractivity contribution is -0.120. The fourth-order valence-electron chi connectivity index (χ4n) is 1.33. The Morgan fingerprint density at radius 1 is 1.16 bits per heavy atom. The molecular formula is C13H18N2O3S. The molecule has 6 heteroatoms. The zero-order chi connectivity index (χ0) is 14.1. The van der Waals surface area contributed by atoms with E-state index < -0.39 is 0 Å². The van der Waals surface area contributed by atoms with Gasteiger partial charge in [-0.05, 0) is 17.7 Å². The van der Waals surface area contributed by atoms with Crippen molar-refractivity contribution in [2.45, 2.75) is 18.4 Å². The van der Waals surface area contributed by atoms with E-state index in [2.05, 4.69) is 10.6 Å². The number of amides is 2. The molecule has 0 aliphatic rings. The average molecular weight is 282 g/mol. The maximum atomic E-state index is 11.5. The third-order valence-electron chi connectivity index (χ3n) is 2.30. The first-order valence-electron chi connectivity index (χ1n) is 5.95. The molecule has 2 amide bonds. The monoisotopic (exact) mass is 282 g/mol. The maximum Gasteiger partial charge on any atom is 0.230 e. The van der Waals surface area contributed by atoms with Gasteiger partial charge in [0.05, 0.1) is 12.4 Å². The molecule has 1 rings (SSSR count). The first-order chi connectivity index (χ1) is 9.11. The number of benzene rings is 1. The van der Waals surface area contributed by atoms with Crippen LogP contribution in [0.3, 0.4) is 0 Å². The summed E-state index contributed by atoms with van der Waals surface area (Å²) in [4.78, 5) is 23.1. The van der Waals surface area contributed by atoms with Gasteiger partial charge in [0.1, 0.15) is 0 Å². The Hall–Kier alpha value is -1.53. The lowest BCUT2D eigenvalue weighted by Crippen LogP contribution is -2.34. The zero-order valence-corrected chi connectivity index (χ0v) is 11.6. The van der Waals surface area contributed by atoms with Crippen molar-refractivity contribution in [2.75, 3.05) is 18.8 Å². The summed E-state index contributed by atoms with van der Waals surface area (Å²) in [6.45, 7) is 2.33. The van der Waals surface area contributed by atoms with Crippen LogP contribution in [0, 0.1) is 0 Å². The van der Waals surface area contributed by atoms with Crippen molar-refractivity contribution in [3.05, 3.63) is 29.8 Å². The van der Waals surface area contributed by atoms with Gasteiger partial charge in [0, 0.05) is 24.9 Å². The molecule has 0 unspecified atom stereocenters. The fraction of sp³-hybridized carbons (Fsp3) is 0.385. The van der Waals surface area contributed by atoms with Gasteiger partial charge in [-0.2, -0.15) is 0 Å². The Balaban J connectivity index is 2.20. The van der Waals surface area contributed by atoms with E-state index in [1.165, 1.54) is 18.7 Å². The third kappa shape index (κ3) is 6.83. The second kappa shape index (κ2) is 8.55. The van der Waals surface area contributed by atoms with E-state index >= 15 is 0 Å². The van der Waals surface area contributed by atoms with Crippen LogP contribution >= 0.6 is 11.8 Å². The fourth-order valence-corrected chi connectivity index (χ4v) is 2.06. The molecule has 1 aromatic rings. The molecule has 0 bridgehead atoms. The number of nitrogens with one attached hydrogen (secondary N) is 2. The van der Waals surface area contributed by atoms with Gasteiger partial charge in [-0.15, -0.1) is 11.8 Å². The number of hydrogen-bond acceptors (Lipinski definition) is 4. The quantitative estimate of drug-likeness (QED) is 0.503. The number of aliphatic hydroxyl groups is 1. The van der Waals surface area contributed by atoms with Crippen LogP contribution in [-0.4, -0.2) is 35.8 Å². The largest absolute Gasteiger partial charge is 0.392 e. The molecule has 0 heterocycles. The highest BCUT2D eigenvalue weighted by Crippen LogP contribution is 2.17. The van der Waals surface area contributed by atoms with Crippen LogP contribution < -0.4 is 10.6 Å². The van der Waals surface area contributed by atoms with Crippen molar-refractivity contribution in [2.24, 2.45) is 0 Å². The van der Waals surface area contributed by atoms with Crippen LogP contribution in [0.4, 0.5) is 0 Å². The lowest BCUT2D eigenvalue weighted by Gasteiger charge is -2.06. The van der Waals surface area contributed by atoms with E-state index in [9.17, 15) is 9.59 Å². The molecular weight excluding hydrogens is 264 g/mol. The first kappa shape index (κ1) is 15.5. The predicted octanol–water partition coefficient (Wildman–Crippen LogP) is 0.523. The van der Waals surface area contributed by atoms with Crippen molar-refractivity contribution in [3.63, 3.8) is 0 Å². The van der Waals surface area contributed by atoms with Gasteiger partial charge < -0.3 is 15.7 Å². The molecule has 104 valence electrons. The standard InChI is InChI=1S/C13H18N2O3S/c1-10(17)14-6-7-15-13(18)9-19-12-4-2-11(8-16)3-5-12/h2-5,16H,6-9H2,1H3,(H,14,17)(H,15,18). The molecule has 0 aliphatic carbocycles. The summed E-state index contributed by atoms with van der Waals surface area (Å²) in [6, 6.07) is 7.41. The van der Waals surface area contributed by atoms with Gasteiger partial charge >= 0.3 is 0 Å². The molecule has 19 heavy (non-hydrogen) atoms. The van der Waals surface area contributed by atoms with Crippen molar-refractivity contribution in [1.82, 2.24) is 10.6 Å². The van der Waals surface area contributed by atoms with Gasteiger partial charge in [0.25, 0.3) is 0 Å². The molecule has 5 nitrogen and oxygen atoms in total. The molecule has 0 atom stereocenters. The summed E-state index contributed by atoms with van der Waals surface area (Å²) < 4.78 is 0. The second-order valence-corrected chi connectivity index (χ2v) is 4.97. The Morgan fingerprint density at radius 3 is 2.37 bits per heavy atom. The van der Waals surface area contributed by atoms with E-state index in [-0.39, 0.29) is 18.4 Å². The topological polar surface area (TPSA) is 78.4 Å². The highest BCUT2D eigenvalue weighted by atomic mass is 32.2. The molecule has 0 saturated carbocycles. The van der Waals surface area contributed by atoms with Gasteiger partial charge in [0.15, 0.2) is 0 Å². The van der Waals surface area contributed by atoms with E-state index in [0.717, 1.165) is 10.5 Å². The molecule has 3 N–H and O–H groups in total. The lowest BCUT2D eigenvalue weighted by atomic mass is 10.2. The molecule has 0 saturated heterocycles. The van der Waals surface area contributed by atoms with Crippen molar-refractivity contribution in [1.29, 1.82) is 0 Å². The molecule has 1 aromatic carbocycles. The number of carbonyl (C=O) groups excluding carboxylic acids is 2. The van der Waals surface area contributed by atoms with Crippen LogP contribution in [0.25, 0.3) is 0 Å². The van der Waals surface area contributed by atoms with Crippen LogP contribution in [0.5, 0.6) is 0 Å². The van der Waals surface area contributed by atoms with Gasteiger partial charge in [-0.25, -0.2) is 0 Å². The maximum absolute atomic E-state index is 11.5. The van der Waals surface area contributed by atoms with Crippen molar-refractivity contribution >= 4 is 23.6 Å². The van der Waals surface area contributed by atoms with Gasteiger partial charge in [0.2, 0.25) is 11.8 Å². The Kier molecular flexibility index (Phi) is 6.99. The Labute approximate surface area is 116 Å². The van der Waals surface area contributed by atoms with Crippen molar-refractivity contribution < 1.29 is 14.7 Å². The number of rotatable bonds is 7. The first-order valence-corrected chi connectivity index (χ1v) is 6.94. The van der Waals surface area contributed by atoms with E-state index in [4.69, 9.17) is 5.11 Å². The second-order valence-electron chi connectivity index (χ2n) is 3.92. The number of aliphatic hydroxyl groups excluding tert-OH is 1. The molecule has 0 aliphatic heterocycles. The minimum absolute atomic E-state index is 0.0224. The van der Waals surface area contributed by atoms with E-state index in [0.29, 0.717) is 18.8 Å². The van der Waals surface area contributed by atoms with E-state index in [1.54, 1.807) is 0 Å². The molecule has 0 radical (unpaired) electrons. The van der Waals surface area contributed by atoms with E-state index in [1.807, 2.05) is 24.3 Å². The average Bonchev–Trinajstić information content (AvgIpc) is 2.41. The predicted molar refractivity (Wildman–Crippen MR) is 74.8 cm³/mol. The summed E-state index contributed by atoms with van der Waals surface area (Å²) in [5.41, 5.74) is 0.851. The SMILES string of the molecule is CC(=O)NCCNC(=O)CSc1ccc(CO)cc1. The Morgan fingerprint density at radius 2 is 1.79 bits per heavy atom. The van der Waals surface area contributed by atoms with Crippen LogP contribution in [-0.2, 0) is 16.2 Å². The summed E-state index contributed by atoms with van der Waals surface area (Å²) in [6.07, 6.45) is 0. The van der Waals surface area contributed by atoms with Gasteiger partial charge in [-0.1, -0.05) is 12.1 Å². The third-order valence-corrected chi connectivity index (χ3v) is 3.31. The van der Waals surface area contributed by atoms with Crippen LogP contribution in [0.1, 0.15) is 12.5 Å². The number of thioether (sulfide) groups is 1. The van der Waals surface area contributed by atoms with Gasteiger partial charge in [-0.3, -0.25) is 9.59 Å². The minimum Gasteiger partial charge on any atom is -0.392 e. The molecule has 0 aromatic heterocycles. The summed E-state index contributed by atoms with van der Waals surface area (Å²) in [7, 11) is 0. The zero-order valence-electron chi connectivity index (χ0n) is 10.8. The molecule has 0 spiro atoms. The molecule has 0 fully saturated rings. The highest BCUT2D eigenvalue weighted by Gasteiger charge is 2.02. The van der Waals surface area contributed by atoms with Crippen LogP contribution in [0.2, 0.25) is 0 Å². The number of carbonyl (C=O) groups is 2. The van der Waals surface area contributed by atoms with Crippen LogP contribution in [0.15, 0.2) is 29.2 Å². The minimum atomic E-state index is -0.104. The number of hydrogen-bond donors (Lipinski definition) is 3.